The number of halogens is 6. The fourth-order valence-electron chi connectivity index (χ4n) is 2.37. The summed E-state index contributed by atoms with van der Waals surface area (Å²) in [5.74, 6) is -1.69. The lowest BCUT2D eigenvalue weighted by molar-refractivity contribution is 0.00848. The molecule has 0 saturated carbocycles. The highest BCUT2D eigenvalue weighted by Gasteiger charge is 2.33. The quantitative estimate of drug-likeness (QED) is 0.146. The zero-order valence-electron chi connectivity index (χ0n) is 16.2. The molecule has 0 aliphatic carbocycles. The molecule has 12 heteroatoms. The molecule has 2 aromatic rings. The number of hydrogen-bond acceptors (Lipinski definition) is 6. The zero-order chi connectivity index (χ0) is 23.8. The van der Waals surface area contributed by atoms with Crippen molar-refractivity contribution >= 4 is 80.5 Å². The molecule has 172 valence electrons. The topological polar surface area (TPSA) is 74.2 Å². The van der Waals surface area contributed by atoms with Gasteiger partial charge in [0.1, 0.15) is 13.7 Å². The first-order chi connectivity index (χ1) is 15.1. The molecule has 0 spiro atoms. The second-order valence-corrected chi connectivity index (χ2v) is 8.98. The molecule has 3 atom stereocenters. The van der Waals surface area contributed by atoms with Crippen LogP contribution in [0.2, 0.25) is 20.1 Å². The van der Waals surface area contributed by atoms with Crippen molar-refractivity contribution in [2.75, 3.05) is 13.7 Å². The van der Waals surface area contributed by atoms with Gasteiger partial charge in [-0.15, -0.1) is 0 Å². The number of hydrogen-bond donors (Lipinski definition) is 0. The number of nitrogens with zero attached hydrogens (tertiary/aromatic N) is 1. The third-order valence-electron chi connectivity index (χ3n) is 3.90. The van der Waals surface area contributed by atoms with Crippen LogP contribution in [-0.2, 0) is 14.3 Å². The molecule has 0 bridgehead atoms. The van der Waals surface area contributed by atoms with E-state index in [1.807, 2.05) is 0 Å². The molecule has 0 radical (unpaired) electrons. The molecule has 0 aliphatic heterocycles. The van der Waals surface area contributed by atoms with Gasteiger partial charge in [-0.25, -0.2) is 14.0 Å². The zero-order valence-corrected chi connectivity index (χ0v) is 20.8. The molecule has 32 heavy (non-hydrogen) atoms. The van der Waals surface area contributed by atoms with Crippen molar-refractivity contribution in [1.29, 1.82) is 0 Å². The van der Waals surface area contributed by atoms with Gasteiger partial charge in [-0.2, -0.15) is 0 Å². The van der Waals surface area contributed by atoms with Gasteiger partial charge < -0.3 is 14.3 Å². The van der Waals surface area contributed by atoms with Crippen LogP contribution in [-0.4, -0.2) is 49.0 Å². The van der Waals surface area contributed by atoms with Crippen molar-refractivity contribution < 1.29 is 28.3 Å². The Hall–Kier alpha value is -1.58. The van der Waals surface area contributed by atoms with Gasteiger partial charge in [0.2, 0.25) is 0 Å². The number of carbonyl (C=O) groups excluding carboxylic acids is 2. The van der Waals surface area contributed by atoms with Gasteiger partial charge in [-0.3, -0.25) is 0 Å². The summed E-state index contributed by atoms with van der Waals surface area (Å²) < 4.78 is 25.2. The van der Waals surface area contributed by atoms with Crippen molar-refractivity contribution in [2.24, 2.45) is 5.16 Å². The first-order valence-corrected chi connectivity index (χ1v) is 11.2. The molecule has 6 nitrogen and oxygen atoms in total. The number of ether oxygens (including phenoxy) is 2. The lowest BCUT2D eigenvalue weighted by Gasteiger charge is -2.24. The molecule has 0 N–H and O–H groups in total. The standard InChI is InChI=1S/C20H15BrCl4FNO5/c1-30-27-8-17(26)18(32-20(29)13-5-3-11(23)7-16(13)25)14(21)9-31-19(28)12-4-2-10(22)6-15(12)24/h2-8,14,17-18H,9H2,1H3/b27-8-/t14-,17-,18-/m1/s1. The molecule has 2 rings (SSSR count). The molecule has 0 fully saturated rings. The molecular weight excluding hydrogens is 575 g/mol. The molecule has 0 amide bonds. The lowest BCUT2D eigenvalue weighted by Crippen LogP contribution is -2.40. The molecule has 0 aliphatic rings. The van der Waals surface area contributed by atoms with Gasteiger partial charge in [0.15, 0.2) is 12.3 Å². The predicted octanol–water partition coefficient (Wildman–Crippen LogP) is 6.42. The maximum atomic E-state index is 14.7. The number of oxime groups is 1. The minimum atomic E-state index is -1.91. The lowest BCUT2D eigenvalue weighted by atomic mass is 10.1. The van der Waals surface area contributed by atoms with Crippen LogP contribution >= 0.6 is 62.3 Å². The van der Waals surface area contributed by atoms with Crippen molar-refractivity contribution in [2.45, 2.75) is 17.1 Å². The average molecular weight is 590 g/mol. The van der Waals surface area contributed by atoms with Crippen LogP contribution in [0.3, 0.4) is 0 Å². The van der Waals surface area contributed by atoms with Crippen LogP contribution in [0.5, 0.6) is 0 Å². The summed E-state index contributed by atoms with van der Waals surface area (Å²) in [6, 6.07) is 8.35. The Morgan fingerprint density at radius 2 is 1.56 bits per heavy atom. The highest BCUT2D eigenvalue weighted by atomic mass is 79.9. The monoisotopic (exact) mass is 587 g/mol. The summed E-state index contributed by atoms with van der Waals surface area (Å²) in [6.45, 7) is -0.370. The van der Waals surface area contributed by atoms with Crippen LogP contribution in [0.1, 0.15) is 20.7 Å². The third kappa shape index (κ3) is 7.49. The summed E-state index contributed by atoms with van der Waals surface area (Å²) in [5.41, 5.74) is 0.0385. The van der Waals surface area contributed by atoms with Crippen LogP contribution in [0.4, 0.5) is 4.39 Å². The van der Waals surface area contributed by atoms with Crippen molar-refractivity contribution in [3.63, 3.8) is 0 Å². The van der Waals surface area contributed by atoms with Gasteiger partial charge in [0.25, 0.3) is 0 Å². The summed E-state index contributed by atoms with van der Waals surface area (Å²) in [7, 11) is 1.22. The van der Waals surface area contributed by atoms with Crippen LogP contribution in [0.15, 0.2) is 41.6 Å². The van der Waals surface area contributed by atoms with E-state index in [9.17, 15) is 14.0 Å². The Kier molecular flexibility index (Phi) is 10.5. The van der Waals surface area contributed by atoms with Crippen molar-refractivity contribution in [3.05, 3.63) is 67.6 Å². The highest BCUT2D eigenvalue weighted by Crippen LogP contribution is 2.25. The maximum absolute atomic E-state index is 14.7. The Labute approximate surface area is 211 Å². The van der Waals surface area contributed by atoms with Crippen molar-refractivity contribution in [1.82, 2.24) is 0 Å². The number of alkyl halides is 2. The van der Waals surface area contributed by atoms with Crippen LogP contribution < -0.4 is 0 Å². The highest BCUT2D eigenvalue weighted by molar-refractivity contribution is 9.09. The van der Waals surface area contributed by atoms with E-state index >= 15 is 0 Å². The largest absolute Gasteiger partial charge is 0.461 e. The van der Waals surface area contributed by atoms with Gasteiger partial charge in [-0.05, 0) is 36.4 Å². The second kappa shape index (κ2) is 12.6. The SMILES string of the molecule is CO/N=C\[C@@H](F)[C@H](OC(=O)c1ccc(Cl)cc1Cl)[C@H](Br)COC(=O)c1ccc(Cl)cc1Cl. The smallest absolute Gasteiger partial charge is 0.340 e. The fraction of sp³-hybridized carbons (Fsp3) is 0.250. The Morgan fingerprint density at radius 3 is 2.06 bits per heavy atom. The Balaban J connectivity index is 2.15. The van der Waals surface area contributed by atoms with E-state index in [0.717, 1.165) is 6.21 Å². The van der Waals surface area contributed by atoms with E-state index in [1.165, 1.54) is 43.5 Å². The first-order valence-electron chi connectivity index (χ1n) is 8.77. The normalized spacial score (nSPS) is 14.0. The average Bonchev–Trinajstić information content (AvgIpc) is 2.73. The fourth-order valence-corrected chi connectivity index (χ4v) is 3.87. The predicted molar refractivity (Wildman–Crippen MR) is 126 cm³/mol. The summed E-state index contributed by atoms with van der Waals surface area (Å²) >= 11 is 26.8. The van der Waals surface area contributed by atoms with Gasteiger partial charge >= 0.3 is 11.9 Å². The second-order valence-electron chi connectivity index (χ2n) is 6.11. The minimum absolute atomic E-state index is 0.0251. The molecule has 2 aromatic carbocycles. The number of rotatable bonds is 9. The first kappa shape index (κ1) is 26.7. The molecular formula is C20H15BrCl4FNO5. The van der Waals surface area contributed by atoms with E-state index in [1.54, 1.807) is 0 Å². The maximum Gasteiger partial charge on any atom is 0.340 e. The third-order valence-corrected chi connectivity index (χ3v) is 5.78. The molecule has 0 aromatic heterocycles. The van der Waals surface area contributed by atoms with Gasteiger partial charge in [0.05, 0.1) is 32.2 Å². The Bertz CT molecular complexity index is 1010. The number of carbonyl (C=O) groups is 2. The van der Waals surface area contributed by atoms with E-state index in [0.29, 0.717) is 10.0 Å². The Morgan fingerprint density at radius 1 is 1.03 bits per heavy atom. The van der Waals surface area contributed by atoms with Crippen molar-refractivity contribution in [3.8, 4) is 0 Å². The van der Waals surface area contributed by atoms with E-state index in [2.05, 4.69) is 25.9 Å². The van der Waals surface area contributed by atoms with E-state index in [4.69, 9.17) is 55.9 Å². The van der Waals surface area contributed by atoms with Gasteiger partial charge in [-0.1, -0.05) is 67.5 Å². The molecule has 0 unspecified atom stereocenters. The minimum Gasteiger partial charge on any atom is -0.461 e. The molecule has 0 heterocycles. The van der Waals surface area contributed by atoms with E-state index < -0.39 is 29.0 Å². The van der Waals surface area contributed by atoms with Gasteiger partial charge in [0, 0.05) is 10.0 Å². The number of esters is 2. The number of benzene rings is 2. The molecule has 0 saturated heterocycles. The summed E-state index contributed by atoms with van der Waals surface area (Å²) in [5, 5.41) is 4.12. The summed E-state index contributed by atoms with van der Waals surface area (Å²) in [6.07, 6.45) is -2.57. The van der Waals surface area contributed by atoms with Crippen LogP contribution in [0, 0.1) is 0 Å². The van der Waals surface area contributed by atoms with E-state index in [-0.39, 0.29) is 27.8 Å². The summed E-state index contributed by atoms with van der Waals surface area (Å²) in [4.78, 5) is 28.4. The van der Waals surface area contributed by atoms with Crippen LogP contribution in [0.25, 0.3) is 0 Å².